The normalized spacial score (nSPS) is 30.0. The Kier molecular flexibility index (Phi) is 2.16. The van der Waals surface area contributed by atoms with E-state index in [2.05, 4.69) is 0 Å². The minimum absolute atomic E-state index is 0.120. The van der Waals surface area contributed by atoms with Gasteiger partial charge in [-0.05, 0) is 12.3 Å². The van der Waals surface area contributed by atoms with Crippen LogP contribution in [0.3, 0.4) is 0 Å². The molecule has 1 aromatic carbocycles. The molecule has 0 aromatic heterocycles. The van der Waals surface area contributed by atoms with Gasteiger partial charge < -0.3 is 5.11 Å². The minimum Gasteiger partial charge on any atom is -0.396 e. The number of rotatable bonds is 3. The van der Waals surface area contributed by atoms with Crippen molar-refractivity contribution in [2.45, 2.75) is 13.3 Å². The predicted molar refractivity (Wildman–Crippen MR) is 54.1 cm³/mol. The maximum atomic E-state index is 12.0. The van der Waals surface area contributed by atoms with Gasteiger partial charge in [-0.2, -0.15) is 0 Å². The van der Waals surface area contributed by atoms with Crippen molar-refractivity contribution in [3.8, 4) is 0 Å². The molecule has 2 atom stereocenters. The lowest BCUT2D eigenvalue weighted by atomic mass is 9.94. The highest BCUT2D eigenvalue weighted by Gasteiger charge is 2.55. The van der Waals surface area contributed by atoms with Gasteiger partial charge in [-0.1, -0.05) is 37.3 Å². The molecule has 1 aromatic rings. The van der Waals surface area contributed by atoms with Crippen LogP contribution in [0, 0.1) is 11.3 Å². The van der Waals surface area contributed by atoms with Gasteiger partial charge in [0, 0.05) is 17.6 Å². The van der Waals surface area contributed by atoms with Gasteiger partial charge >= 0.3 is 0 Å². The van der Waals surface area contributed by atoms with Crippen molar-refractivity contribution in [3.63, 3.8) is 0 Å². The minimum atomic E-state index is -0.309. The van der Waals surface area contributed by atoms with Gasteiger partial charge in [0.25, 0.3) is 0 Å². The van der Waals surface area contributed by atoms with Crippen molar-refractivity contribution in [2.75, 3.05) is 6.61 Å². The summed E-state index contributed by atoms with van der Waals surface area (Å²) in [5.41, 5.74) is 0.446. The number of ketones is 1. The van der Waals surface area contributed by atoms with Crippen LogP contribution in [0.1, 0.15) is 23.7 Å². The second-order valence-electron chi connectivity index (χ2n) is 4.20. The van der Waals surface area contributed by atoms with E-state index in [1.54, 1.807) is 0 Å². The van der Waals surface area contributed by atoms with Crippen LogP contribution < -0.4 is 0 Å². The summed E-state index contributed by atoms with van der Waals surface area (Å²) in [5.74, 6) is 0.326. The van der Waals surface area contributed by atoms with Crippen LogP contribution in [-0.4, -0.2) is 17.5 Å². The molecule has 0 saturated heterocycles. The summed E-state index contributed by atoms with van der Waals surface area (Å²) >= 11 is 0. The Labute approximate surface area is 83.6 Å². The van der Waals surface area contributed by atoms with E-state index in [-0.39, 0.29) is 23.7 Å². The molecular weight excluding hydrogens is 176 g/mol. The molecule has 1 aliphatic carbocycles. The van der Waals surface area contributed by atoms with Crippen molar-refractivity contribution >= 4 is 5.78 Å². The Balaban J connectivity index is 2.19. The van der Waals surface area contributed by atoms with Gasteiger partial charge in [0.15, 0.2) is 5.78 Å². The van der Waals surface area contributed by atoms with E-state index in [1.807, 2.05) is 37.3 Å². The van der Waals surface area contributed by atoms with E-state index in [0.717, 1.165) is 12.0 Å². The van der Waals surface area contributed by atoms with Gasteiger partial charge in [0.1, 0.15) is 0 Å². The molecule has 0 bridgehead atoms. The molecule has 2 rings (SSSR count). The Bertz CT molecular complexity index is 345. The highest BCUT2D eigenvalue weighted by molar-refractivity contribution is 6.02. The van der Waals surface area contributed by atoms with Crippen LogP contribution in [0.25, 0.3) is 0 Å². The summed E-state index contributed by atoms with van der Waals surface area (Å²) in [6, 6.07) is 9.30. The molecule has 1 fully saturated rings. The molecule has 2 nitrogen and oxygen atoms in total. The lowest BCUT2D eigenvalue weighted by Crippen LogP contribution is -2.15. The SMILES string of the molecule is C[C@]1(C(=O)c2ccccc2)C[C@@H]1CO. The number of carbonyl (C=O) groups is 1. The molecule has 0 unspecified atom stereocenters. The smallest absolute Gasteiger partial charge is 0.169 e. The van der Waals surface area contributed by atoms with E-state index >= 15 is 0 Å². The third-order valence-corrected chi connectivity index (χ3v) is 3.19. The van der Waals surface area contributed by atoms with Crippen molar-refractivity contribution < 1.29 is 9.90 Å². The fraction of sp³-hybridized carbons (Fsp3) is 0.417. The van der Waals surface area contributed by atoms with E-state index in [9.17, 15) is 4.79 Å². The van der Waals surface area contributed by atoms with Crippen molar-refractivity contribution in [1.29, 1.82) is 0 Å². The highest BCUT2D eigenvalue weighted by Crippen LogP contribution is 2.53. The number of hydrogen-bond acceptors (Lipinski definition) is 2. The van der Waals surface area contributed by atoms with Gasteiger partial charge in [-0.3, -0.25) is 4.79 Å². The zero-order valence-electron chi connectivity index (χ0n) is 8.23. The van der Waals surface area contributed by atoms with Crippen LogP contribution in [0.2, 0.25) is 0 Å². The van der Waals surface area contributed by atoms with Crippen LogP contribution in [0.5, 0.6) is 0 Å². The third-order valence-electron chi connectivity index (χ3n) is 3.19. The molecule has 1 N–H and O–H groups in total. The Morgan fingerprint density at radius 2 is 2.14 bits per heavy atom. The molecule has 0 amide bonds. The summed E-state index contributed by atoms with van der Waals surface area (Å²) < 4.78 is 0. The Hall–Kier alpha value is -1.15. The molecule has 2 heteroatoms. The molecule has 0 heterocycles. The van der Waals surface area contributed by atoms with E-state index in [4.69, 9.17) is 5.11 Å². The van der Waals surface area contributed by atoms with Gasteiger partial charge in [-0.15, -0.1) is 0 Å². The Morgan fingerprint density at radius 1 is 1.50 bits per heavy atom. The number of carbonyl (C=O) groups excluding carboxylic acids is 1. The molecular formula is C12H14O2. The fourth-order valence-corrected chi connectivity index (χ4v) is 1.92. The van der Waals surface area contributed by atoms with Crippen molar-refractivity contribution in [3.05, 3.63) is 35.9 Å². The summed E-state index contributed by atoms with van der Waals surface area (Å²) in [5, 5.41) is 8.99. The lowest BCUT2D eigenvalue weighted by Gasteiger charge is -2.08. The van der Waals surface area contributed by atoms with Gasteiger partial charge in [0.2, 0.25) is 0 Å². The maximum Gasteiger partial charge on any atom is 0.169 e. The van der Waals surface area contributed by atoms with Crippen molar-refractivity contribution in [1.82, 2.24) is 0 Å². The molecule has 0 aliphatic heterocycles. The quantitative estimate of drug-likeness (QED) is 0.739. The first-order valence-corrected chi connectivity index (χ1v) is 4.89. The van der Waals surface area contributed by atoms with E-state index in [1.165, 1.54) is 0 Å². The number of aliphatic hydroxyl groups excluding tert-OH is 1. The fourth-order valence-electron chi connectivity index (χ4n) is 1.92. The molecule has 1 saturated carbocycles. The predicted octanol–water partition coefficient (Wildman–Crippen LogP) is 1.89. The summed E-state index contributed by atoms with van der Waals surface area (Å²) in [6.07, 6.45) is 0.817. The lowest BCUT2D eigenvalue weighted by molar-refractivity contribution is 0.0887. The maximum absolute atomic E-state index is 12.0. The second kappa shape index (κ2) is 3.21. The van der Waals surface area contributed by atoms with Crippen LogP contribution in [0.15, 0.2) is 30.3 Å². The van der Waals surface area contributed by atoms with Crippen LogP contribution in [0.4, 0.5) is 0 Å². The standard InChI is InChI=1S/C12H14O2/c1-12(7-10(12)8-13)11(14)9-5-3-2-4-6-9/h2-6,10,13H,7-8H2,1H3/t10-,12+/m1/s1. The first-order valence-electron chi connectivity index (χ1n) is 4.89. The third kappa shape index (κ3) is 1.36. The van der Waals surface area contributed by atoms with Crippen LogP contribution >= 0.6 is 0 Å². The first-order chi connectivity index (χ1) is 6.68. The van der Waals surface area contributed by atoms with Gasteiger partial charge in [0.05, 0.1) is 0 Å². The van der Waals surface area contributed by atoms with E-state index < -0.39 is 0 Å². The summed E-state index contributed by atoms with van der Waals surface area (Å²) in [7, 11) is 0. The number of Topliss-reactive ketones (excluding diaryl/α,β-unsaturated/α-hetero) is 1. The zero-order valence-corrected chi connectivity index (χ0v) is 8.23. The molecule has 74 valence electrons. The molecule has 14 heavy (non-hydrogen) atoms. The van der Waals surface area contributed by atoms with Gasteiger partial charge in [-0.25, -0.2) is 0 Å². The largest absolute Gasteiger partial charge is 0.396 e. The number of hydrogen-bond donors (Lipinski definition) is 1. The Morgan fingerprint density at radius 3 is 2.64 bits per heavy atom. The highest BCUT2D eigenvalue weighted by atomic mass is 16.3. The average molecular weight is 190 g/mol. The molecule has 0 radical (unpaired) electrons. The van der Waals surface area contributed by atoms with Crippen LogP contribution in [-0.2, 0) is 0 Å². The molecule has 1 aliphatic rings. The number of aliphatic hydroxyl groups is 1. The zero-order chi connectivity index (χ0) is 10.2. The van der Waals surface area contributed by atoms with Crippen molar-refractivity contribution in [2.24, 2.45) is 11.3 Å². The monoisotopic (exact) mass is 190 g/mol. The van der Waals surface area contributed by atoms with E-state index in [0.29, 0.717) is 0 Å². The molecule has 0 spiro atoms. The topological polar surface area (TPSA) is 37.3 Å². The summed E-state index contributed by atoms with van der Waals surface area (Å²) in [6.45, 7) is 2.05. The summed E-state index contributed by atoms with van der Waals surface area (Å²) in [4.78, 5) is 12.0. The number of benzene rings is 1. The first kappa shape index (κ1) is 9.41. The second-order valence-corrected chi connectivity index (χ2v) is 4.20. The average Bonchev–Trinajstić information content (AvgIpc) is 2.91.